The summed E-state index contributed by atoms with van der Waals surface area (Å²) in [6.07, 6.45) is 1.91. The van der Waals surface area contributed by atoms with Crippen LogP contribution in [0.5, 0.6) is 0 Å². The normalized spacial score (nSPS) is 10.8. The molecule has 0 spiro atoms. The fourth-order valence-corrected chi connectivity index (χ4v) is 3.49. The monoisotopic (exact) mass is 438 g/mol. The second-order valence-electron chi connectivity index (χ2n) is 7.42. The number of amides is 1. The summed E-state index contributed by atoms with van der Waals surface area (Å²) in [6, 6.07) is 26.9. The van der Waals surface area contributed by atoms with Gasteiger partial charge in [0.15, 0.2) is 11.5 Å². The quantitative estimate of drug-likeness (QED) is 0.392. The predicted molar refractivity (Wildman–Crippen MR) is 122 cm³/mol. The lowest BCUT2D eigenvalue weighted by Crippen LogP contribution is -2.23. The number of benzene rings is 3. The zero-order valence-corrected chi connectivity index (χ0v) is 17.5. The number of nitrogens with one attached hydrogen (secondary N) is 1. The number of carbonyl (C=O) groups is 1. The van der Waals surface area contributed by atoms with Gasteiger partial charge in [-0.3, -0.25) is 4.79 Å². The van der Waals surface area contributed by atoms with E-state index in [1.807, 2.05) is 66.9 Å². The van der Waals surface area contributed by atoms with Gasteiger partial charge in [0.1, 0.15) is 5.82 Å². The van der Waals surface area contributed by atoms with Crippen LogP contribution >= 0.6 is 0 Å². The summed E-state index contributed by atoms with van der Waals surface area (Å²) >= 11 is 0. The highest BCUT2D eigenvalue weighted by atomic mass is 19.1. The van der Waals surface area contributed by atoms with Crippen molar-refractivity contribution < 1.29 is 13.7 Å². The van der Waals surface area contributed by atoms with E-state index in [1.54, 1.807) is 16.8 Å². The molecule has 0 atom stereocenters. The Bertz CT molecular complexity index is 1380. The summed E-state index contributed by atoms with van der Waals surface area (Å²) in [5.41, 5.74) is 4.31. The molecular formula is C26H19FN4O2. The van der Waals surface area contributed by atoms with Crippen molar-refractivity contribution in [3.8, 4) is 28.3 Å². The summed E-state index contributed by atoms with van der Waals surface area (Å²) in [5, 5.41) is 11.5. The maximum atomic E-state index is 13.1. The molecular weight excluding hydrogens is 419 g/mol. The van der Waals surface area contributed by atoms with Gasteiger partial charge in [0.2, 0.25) is 0 Å². The molecule has 0 aliphatic heterocycles. The fraction of sp³-hybridized carbons (Fsp3) is 0.0385. The first kappa shape index (κ1) is 20.4. The molecule has 0 unspecified atom stereocenters. The largest absolute Gasteiger partial charge is 0.355 e. The molecule has 0 fully saturated rings. The molecule has 3 aromatic carbocycles. The van der Waals surface area contributed by atoms with Gasteiger partial charge in [-0.15, -0.1) is 0 Å². The third-order valence-electron chi connectivity index (χ3n) is 5.17. The first-order valence-corrected chi connectivity index (χ1v) is 10.4. The fourth-order valence-electron chi connectivity index (χ4n) is 3.49. The highest BCUT2D eigenvalue weighted by molar-refractivity contribution is 5.93. The Balaban J connectivity index is 1.37. The lowest BCUT2D eigenvalue weighted by Gasteiger charge is -2.03. The van der Waals surface area contributed by atoms with E-state index in [0.29, 0.717) is 11.3 Å². The van der Waals surface area contributed by atoms with Crippen molar-refractivity contribution in [2.75, 3.05) is 0 Å². The van der Waals surface area contributed by atoms with Crippen LogP contribution in [0.4, 0.5) is 4.39 Å². The average molecular weight is 438 g/mol. The van der Waals surface area contributed by atoms with Crippen LogP contribution in [0, 0.1) is 5.82 Å². The van der Waals surface area contributed by atoms with Crippen molar-refractivity contribution >= 4 is 5.91 Å². The maximum absolute atomic E-state index is 13.1. The Morgan fingerprint density at radius 1 is 0.909 bits per heavy atom. The van der Waals surface area contributed by atoms with Crippen molar-refractivity contribution in [2.24, 2.45) is 0 Å². The van der Waals surface area contributed by atoms with Gasteiger partial charge in [-0.05, 0) is 36.4 Å². The Morgan fingerprint density at radius 2 is 1.61 bits per heavy atom. The Hall–Kier alpha value is -4.52. The van der Waals surface area contributed by atoms with Gasteiger partial charge in [0, 0.05) is 35.5 Å². The third-order valence-corrected chi connectivity index (χ3v) is 5.17. The topological polar surface area (TPSA) is 73.0 Å². The Labute approximate surface area is 189 Å². The van der Waals surface area contributed by atoms with E-state index in [-0.39, 0.29) is 24.0 Å². The third kappa shape index (κ3) is 4.43. The number of rotatable bonds is 6. The molecule has 33 heavy (non-hydrogen) atoms. The van der Waals surface area contributed by atoms with Crippen LogP contribution in [-0.2, 0) is 6.54 Å². The molecule has 2 heterocycles. The van der Waals surface area contributed by atoms with Gasteiger partial charge in [-0.2, -0.15) is 5.10 Å². The van der Waals surface area contributed by atoms with E-state index in [1.165, 1.54) is 18.2 Å². The van der Waals surface area contributed by atoms with Crippen LogP contribution < -0.4 is 5.32 Å². The molecule has 0 aliphatic rings. The summed E-state index contributed by atoms with van der Waals surface area (Å²) in [4.78, 5) is 12.7. The first-order valence-electron chi connectivity index (χ1n) is 10.4. The minimum absolute atomic E-state index is 0.144. The standard InChI is InChI=1S/C26H19FN4O2/c27-21-13-11-18(12-14-21)24-15-23(30-33-24)26(32)28-16-20-17-31(22-9-5-2-6-10-22)29-25(20)19-7-3-1-4-8-19/h1-15,17H,16H2,(H,28,32). The highest BCUT2D eigenvalue weighted by Gasteiger charge is 2.17. The van der Waals surface area contributed by atoms with Gasteiger partial charge in [-0.1, -0.05) is 53.7 Å². The summed E-state index contributed by atoms with van der Waals surface area (Å²) in [6.45, 7) is 0.259. The molecule has 1 N–H and O–H groups in total. The molecule has 2 aromatic heterocycles. The minimum Gasteiger partial charge on any atom is -0.355 e. The molecule has 5 aromatic rings. The molecule has 162 valence electrons. The van der Waals surface area contributed by atoms with E-state index in [2.05, 4.69) is 10.5 Å². The van der Waals surface area contributed by atoms with Crippen molar-refractivity contribution in [1.29, 1.82) is 0 Å². The number of carbonyl (C=O) groups excluding carboxylic acids is 1. The molecule has 0 aliphatic carbocycles. The van der Waals surface area contributed by atoms with Crippen LogP contribution in [0.2, 0.25) is 0 Å². The van der Waals surface area contributed by atoms with E-state index >= 15 is 0 Å². The van der Waals surface area contributed by atoms with Gasteiger partial charge in [0.05, 0.1) is 11.4 Å². The van der Waals surface area contributed by atoms with Crippen LogP contribution in [-0.4, -0.2) is 20.8 Å². The smallest absolute Gasteiger partial charge is 0.273 e. The molecule has 7 heteroatoms. The second kappa shape index (κ2) is 8.92. The van der Waals surface area contributed by atoms with Crippen molar-refractivity contribution in [3.05, 3.63) is 114 Å². The Kier molecular flexibility index (Phi) is 5.51. The van der Waals surface area contributed by atoms with Crippen LogP contribution in [0.25, 0.3) is 28.3 Å². The van der Waals surface area contributed by atoms with E-state index in [0.717, 1.165) is 22.5 Å². The highest BCUT2D eigenvalue weighted by Crippen LogP contribution is 2.24. The average Bonchev–Trinajstić information content (AvgIpc) is 3.52. The number of aromatic nitrogens is 3. The van der Waals surface area contributed by atoms with Gasteiger partial charge in [-0.25, -0.2) is 9.07 Å². The molecule has 0 saturated heterocycles. The molecule has 0 bridgehead atoms. The van der Waals surface area contributed by atoms with Crippen molar-refractivity contribution in [1.82, 2.24) is 20.3 Å². The predicted octanol–water partition coefficient (Wildman–Crippen LogP) is 5.26. The van der Waals surface area contributed by atoms with E-state index < -0.39 is 0 Å². The SMILES string of the molecule is O=C(NCc1cn(-c2ccccc2)nc1-c1ccccc1)c1cc(-c2ccc(F)cc2)on1. The van der Waals surface area contributed by atoms with Gasteiger partial charge in [0.25, 0.3) is 5.91 Å². The summed E-state index contributed by atoms with van der Waals surface area (Å²) in [5.74, 6) is -0.331. The molecule has 0 radical (unpaired) electrons. The second-order valence-corrected chi connectivity index (χ2v) is 7.42. The summed E-state index contributed by atoms with van der Waals surface area (Å²) < 4.78 is 20.2. The van der Waals surface area contributed by atoms with Crippen LogP contribution in [0.1, 0.15) is 16.1 Å². The minimum atomic E-state index is -0.376. The number of halogens is 1. The Morgan fingerprint density at radius 3 is 2.33 bits per heavy atom. The number of hydrogen-bond donors (Lipinski definition) is 1. The lowest BCUT2D eigenvalue weighted by atomic mass is 10.1. The van der Waals surface area contributed by atoms with Crippen molar-refractivity contribution in [2.45, 2.75) is 6.54 Å². The zero-order valence-electron chi connectivity index (χ0n) is 17.5. The van der Waals surface area contributed by atoms with Crippen LogP contribution in [0.15, 0.2) is 102 Å². The number of hydrogen-bond acceptors (Lipinski definition) is 4. The maximum Gasteiger partial charge on any atom is 0.273 e. The van der Waals surface area contributed by atoms with E-state index in [4.69, 9.17) is 9.62 Å². The number of nitrogens with zero attached hydrogens (tertiary/aromatic N) is 3. The molecule has 0 saturated carbocycles. The van der Waals surface area contributed by atoms with Gasteiger partial charge < -0.3 is 9.84 Å². The molecule has 1 amide bonds. The molecule has 6 nitrogen and oxygen atoms in total. The number of para-hydroxylation sites is 1. The summed E-state index contributed by atoms with van der Waals surface area (Å²) in [7, 11) is 0. The van der Waals surface area contributed by atoms with Crippen molar-refractivity contribution in [3.63, 3.8) is 0 Å². The van der Waals surface area contributed by atoms with Crippen LogP contribution in [0.3, 0.4) is 0 Å². The first-order chi connectivity index (χ1) is 16.2. The lowest BCUT2D eigenvalue weighted by molar-refractivity contribution is 0.0942. The zero-order chi connectivity index (χ0) is 22.6. The van der Waals surface area contributed by atoms with E-state index in [9.17, 15) is 9.18 Å². The molecule has 5 rings (SSSR count). The van der Waals surface area contributed by atoms with Gasteiger partial charge >= 0.3 is 0 Å².